The Balaban J connectivity index is 2.47. The van der Waals surface area contributed by atoms with Crippen LogP contribution in [0.1, 0.15) is 41.9 Å². The van der Waals surface area contributed by atoms with Crippen molar-refractivity contribution < 1.29 is 4.74 Å². The predicted molar refractivity (Wildman–Crippen MR) is 76.2 cm³/mol. The zero-order valence-electron chi connectivity index (χ0n) is 11.3. The van der Waals surface area contributed by atoms with E-state index < -0.39 is 0 Å². The number of nitrogens with two attached hydrogens (primary N) is 1. The molecule has 0 fully saturated rings. The van der Waals surface area contributed by atoms with Crippen molar-refractivity contribution >= 4 is 11.5 Å². The SMILES string of the molecule is COc1ccccc1C(NN)c1snnc1C(C)C. The van der Waals surface area contributed by atoms with Crippen LogP contribution in [0.15, 0.2) is 24.3 Å². The third kappa shape index (κ3) is 2.75. The first-order chi connectivity index (χ1) is 9.19. The Morgan fingerprint density at radius 1 is 1.32 bits per heavy atom. The molecule has 0 aliphatic heterocycles. The number of nitrogens with zero attached hydrogens (tertiary/aromatic N) is 2. The van der Waals surface area contributed by atoms with Crippen LogP contribution in [-0.2, 0) is 0 Å². The van der Waals surface area contributed by atoms with Crippen molar-refractivity contribution in [1.82, 2.24) is 15.0 Å². The summed E-state index contributed by atoms with van der Waals surface area (Å²) < 4.78 is 9.44. The van der Waals surface area contributed by atoms with Gasteiger partial charge in [-0.25, -0.2) is 5.43 Å². The number of aromatic nitrogens is 2. The second-order valence-electron chi connectivity index (χ2n) is 4.52. The minimum absolute atomic E-state index is 0.159. The molecule has 0 amide bonds. The van der Waals surface area contributed by atoms with Crippen LogP contribution in [0.4, 0.5) is 0 Å². The highest BCUT2D eigenvalue weighted by molar-refractivity contribution is 7.05. The van der Waals surface area contributed by atoms with Crippen LogP contribution in [0.25, 0.3) is 0 Å². The Morgan fingerprint density at radius 2 is 2.05 bits per heavy atom. The van der Waals surface area contributed by atoms with E-state index in [4.69, 9.17) is 10.6 Å². The van der Waals surface area contributed by atoms with Gasteiger partial charge in [-0.2, -0.15) is 0 Å². The second kappa shape index (κ2) is 6.10. The molecule has 1 aromatic heterocycles. The first kappa shape index (κ1) is 13.9. The van der Waals surface area contributed by atoms with Gasteiger partial charge >= 0.3 is 0 Å². The molecule has 0 aliphatic carbocycles. The Bertz CT molecular complexity index is 541. The Hall–Kier alpha value is -1.50. The van der Waals surface area contributed by atoms with E-state index in [1.54, 1.807) is 7.11 Å². The fourth-order valence-corrected chi connectivity index (χ4v) is 2.90. The van der Waals surface area contributed by atoms with Gasteiger partial charge in [0.25, 0.3) is 0 Å². The molecule has 6 heteroatoms. The van der Waals surface area contributed by atoms with E-state index in [1.165, 1.54) is 11.5 Å². The molecule has 1 atom stereocenters. The zero-order chi connectivity index (χ0) is 13.8. The van der Waals surface area contributed by atoms with E-state index in [1.807, 2.05) is 24.3 Å². The lowest BCUT2D eigenvalue weighted by Gasteiger charge is -2.19. The van der Waals surface area contributed by atoms with E-state index in [-0.39, 0.29) is 6.04 Å². The average Bonchev–Trinajstić information content (AvgIpc) is 2.89. The number of hydrazine groups is 1. The fourth-order valence-electron chi connectivity index (χ4n) is 2.02. The molecule has 1 heterocycles. The van der Waals surface area contributed by atoms with Gasteiger partial charge in [0.15, 0.2) is 0 Å². The summed E-state index contributed by atoms with van der Waals surface area (Å²) in [4.78, 5) is 1.03. The van der Waals surface area contributed by atoms with E-state index in [0.717, 1.165) is 21.9 Å². The van der Waals surface area contributed by atoms with Gasteiger partial charge in [-0.15, -0.1) is 5.10 Å². The van der Waals surface area contributed by atoms with Gasteiger partial charge in [-0.3, -0.25) is 5.84 Å². The monoisotopic (exact) mass is 278 g/mol. The number of ether oxygens (including phenoxy) is 1. The van der Waals surface area contributed by atoms with Crippen LogP contribution in [0, 0.1) is 0 Å². The summed E-state index contributed by atoms with van der Waals surface area (Å²) in [5.74, 6) is 6.84. The molecule has 0 spiro atoms. The topological polar surface area (TPSA) is 73.1 Å². The van der Waals surface area contributed by atoms with Crippen LogP contribution in [0.5, 0.6) is 5.75 Å². The lowest BCUT2D eigenvalue weighted by molar-refractivity contribution is 0.404. The molecule has 2 rings (SSSR count). The molecule has 0 saturated carbocycles. The fraction of sp³-hybridized carbons (Fsp3) is 0.385. The Morgan fingerprint density at radius 3 is 2.68 bits per heavy atom. The minimum Gasteiger partial charge on any atom is -0.496 e. The van der Waals surface area contributed by atoms with Crippen molar-refractivity contribution in [1.29, 1.82) is 0 Å². The third-order valence-electron chi connectivity index (χ3n) is 2.97. The molecule has 3 N–H and O–H groups in total. The molecule has 2 aromatic rings. The van der Waals surface area contributed by atoms with Crippen LogP contribution < -0.4 is 16.0 Å². The summed E-state index contributed by atoms with van der Waals surface area (Å²) in [6, 6.07) is 7.65. The van der Waals surface area contributed by atoms with Crippen molar-refractivity contribution in [3.63, 3.8) is 0 Å². The van der Waals surface area contributed by atoms with Gasteiger partial charge < -0.3 is 4.74 Å². The molecule has 0 radical (unpaired) electrons. The molecule has 1 unspecified atom stereocenters. The van der Waals surface area contributed by atoms with Crippen molar-refractivity contribution in [2.24, 2.45) is 5.84 Å². The van der Waals surface area contributed by atoms with Gasteiger partial charge in [0.1, 0.15) is 5.75 Å². The van der Waals surface area contributed by atoms with Crippen molar-refractivity contribution in [2.75, 3.05) is 7.11 Å². The van der Waals surface area contributed by atoms with E-state index in [9.17, 15) is 0 Å². The number of hydrogen-bond donors (Lipinski definition) is 2. The van der Waals surface area contributed by atoms with Crippen LogP contribution in [-0.4, -0.2) is 16.7 Å². The van der Waals surface area contributed by atoms with Crippen LogP contribution >= 0.6 is 11.5 Å². The Labute approximate surface area is 116 Å². The number of para-hydroxylation sites is 1. The molecule has 0 aliphatic rings. The number of nitrogens with one attached hydrogen (secondary N) is 1. The van der Waals surface area contributed by atoms with Gasteiger partial charge in [-0.05, 0) is 23.5 Å². The average molecular weight is 278 g/mol. The zero-order valence-corrected chi connectivity index (χ0v) is 12.1. The molecule has 0 bridgehead atoms. The maximum absolute atomic E-state index is 5.73. The van der Waals surface area contributed by atoms with E-state index in [2.05, 4.69) is 28.9 Å². The van der Waals surface area contributed by atoms with Gasteiger partial charge in [0.2, 0.25) is 0 Å². The molecular weight excluding hydrogens is 260 g/mol. The highest BCUT2D eigenvalue weighted by Gasteiger charge is 2.24. The number of rotatable bonds is 5. The lowest BCUT2D eigenvalue weighted by Crippen LogP contribution is -2.29. The van der Waals surface area contributed by atoms with Gasteiger partial charge in [0.05, 0.1) is 23.7 Å². The maximum atomic E-state index is 5.73. The molecule has 19 heavy (non-hydrogen) atoms. The molecule has 0 saturated heterocycles. The smallest absolute Gasteiger partial charge is 0.124 e. The van der Waals surface area contributed by atoms with Gasteiger partial charge in [-0.1, -0.05) is 36.5 Å². The van der Waals surface area contributed by atoms with Crippen LogP contribution in [0.2, 0.25) is 0 Å². The number of benzene rings is 1. The molecule has 102 valence electrons. The molecule has 5 nitrogen and oxygen atoms in total. The summed E-state index contributed by atoms with van der Waals surface area (Å²) in [7, 11) is 1.65. The molecule has 1 aromatic carbocycles. The summed E-state index contributed by atoms with van der Waals surface area (Å²) >= 11 is 1.37. The van der Waals surface area contributed by atoms with Crippen molar-refractivity contribution in [3.8, 4) is 5.75 Å². The summed E-state index contributed by atoms with van der Waals surface area (Å²) in [5.41, 5.74) is 4.80. The maximum Gasteiger partial charge on any atom is 0.124 e. The predicted octanol–water partition coefficient (Wildman–Crippen LogP) is 2.22. The number of methoxy groups -OCH3 is 1. The second-order valence-corrected chi connectivity index (χ2v) is 5.30. The van der Waals surface area contributed by atoms with Crippen molar-refractivity contribution in [3.05, 3.63) is 40.4 Å². The summed E-state index contributed by atoms with van der Waals surface area (Å²) in [6.45, 7) is 4.19. The van der Waals surface area contributed by atoms with Gasteiger partial charge in [0, 0.05) is 5.56 Å². The van der Waals surface area contributed by atoms with E-state index >= 15 is 0 Å². The largest absolute Gasteiger partial charge is 0.496 e. The highest BCUT2D eigenvalue weighted by atomic mass is 32.1. The standard InChI is InChI=1S/C13H18N4OS/c1-8(2)11-13(19-17-16-11)12(15-14)9-6-4-5-7-10(9)18-3/h4-8,12,15H,14H2,1-3H3. The lowest BCUT2D eigenvalue weighted by atomic mass is 10.00. The minimum atomic E-state index is -0.159. The summed E-state index contributed by atoms with van der Waals surface area (Å²) in [5, 5.41) is 4.20. The first-order valence-corrected chi connectivity index (χ1v) is 6.87. The Kier molecular flexibility index (Phi) is 4.47. The van der Waals surface area contributed by atoms with Crippen LogP contribution in [0.3, 0.4) is 0 Å². The van der Waals surface area contributed by atoms with E-state index in [0.29, 0.717) is 5.92 Å². The normalized spacial score (nSPS) is 12.7. The highest BCUT2D eigenvalue weighted by Crippen LogP contribution is 2.34. The van der Waals surface area contributed by atoms with Crippen molar-refractivity contribution in [2.45, 2.75) is 25.8 Å². The number of hydrogen-bond acceptors (Lipinski definition) is 6. The third-order valence-corrected chi connectivity index (χ3v) is 3.77. The quantitative estimate of drug-likeness (QED) is 0.648. The summed E-state index contributed by atoms with van der Waals surface area (Å²) in [6.07, 6.45) is 0. The first-order valence-electron chi connectivity index (χ1n) is 6.10. The molecular formula is C13H18N4OS.